The number of carbonyl (C=O) groups excluding carboxylic acids is 2. The molecule has 3 heterocycles. The molecular weight excluding hydrogens is 436 g/mol. The molecule has 35 heavy (non-hydrogen) atoms. The second kappa shape index (κ2) is 7.93. The van der Waals surface area contributed by atoms with Crippen LogP contribution in [0, 0.1) is 35.0 Å². The number of piperidine rings is 1. The molecule has 4 saturated carbocycles. The van der Waals surface area contributed by atoms with Crippen molar-refractivity contribution < 1.29 is 14.3 Å². The van der Waals surface area contributed by atoms with Gasteiger partial charge in [-0.2, -0.15) is 0 Å². The summed E-state index contributed by atoms with van der Waals surface area (Å²) in [6, 6.07) is 8.66. The zero-order valence-electron chi connectivity index (χ0n) is 21.1. The number of nitrogens with zero attached hydrogens (tertiary/aromatic N) is 2. The number of fused-ring (bicyclic) bond motifs is 6. The van der Waals surface area contributed by atoms with Crippen molar-refractivity contribution in [3.63, 3.8) is 0 Å². The molecule has 6 aliphatic rings. The predicted molar refractivity (Wildman–Crippen MR) is 135 cm³/mol. The maximum absolute atomic E-state index is 14.8. The topological polar surface area (TPSA) is 51.5 Å². The van der Waals surface area contributed by atoms with E-state index in [1.54, 1.807) is 7.11 Å². The van der Waals surface area contributed by atoms with Crippen LogP contribution in [0.1, 0.15) is 68.7 Å². The molecule has 8 rings (SSSR count). The molecule has 4 aliphatic carbocycles. The van der Waals surface area contributed by atoms with Crippen LogP contribution in [-0.4, -0.2) is 41.4 Å². The Hall–Kier alpha value is -2.14. The monoisotopic (exact) mass is 474 g/mol. The lowest BCUT2D eigenvalue weighted by molar-refractivity contribution is -0.171. The lowest BCUT2D eigenvalue weighted by Crippen LogP contribution is -2.63. The standard InChI is InChI=1S/C30H38N2O3/c1-31-25-6-4-3-5-22(25)23-13-26-24(17-33)21(7-8-35-2)12-27(28(23)31)32(26)29(34)30-14-18-9-19(15-30)11-20(10-18)16-30/h3-6,17-21,24,26-27H,7-16H2,1-2H3/t18?,19?,20?,21?,24?,26-,27-,30?/m0/s1. The highest BCUT2D eigenvalue weighted by Crippen LogP contribution is 2.62. The Balaban J connectivity index is 1.35. The Kier molecular flexibility index (Phi) is 5.00. The molecule has 2 aromatic rings. The summed E-state index contributed by atoms with van der Waals surface area (Å²) in [5.41, 5.74) is 3.74. The first kappa shape index (κ1) is 22.1. The van der Waals surface area contributed by atoms with Gasteiger partial charge in [0.05, 0.1) is 11.5 Å². The summed E-state index contributed by atoms with van der Waals surface area (Å²) in [6.45, 7) is 0.666. The molecule has 5 heteroatoms. The zero-order valence-corrected chi connectivity index (χ0v) is 21.1. The first-order valence-corrected chi connectivity index (χ1v) is 13.9. The van der Waals surface area contributed by atoms with Gasteiger partial charge >= 0.3 is 0 Å². The van der Waals surface area contributed by atoms with Crippen molar-refractivity contribution in [3.8, 4) is 0 Å². The van der Waals surface area contributed by atoms with Crippen LogP contribution >= 0.6 is 0 Å². The van der Waals surface area contributed by atoms with E-state index in [0.29, 0.717) is 12.5 Å². The van der Waals surface area contributed by atoms with Gasteiger partial charge in [0.1, 0.15) is 6.29 Å². The van der Waals surface area contributed by atoms with Crippen molar-refractivity contribution in [2.24, 2.45) is 42.1 Å². The van der Waals surface area contributed by atoms with Crippen molar-refractivity contribution in [2.75, 3.05) is 13.7 Å². The number of amides is 1. The lowest BCUT2D eigenvalue weighted by Gasteiger charge is -2.60. The summed E-state index contributed by atoms with van der Waals surface area (Å²) < 4.78 is 7.79. The summed E-state index contributed by atoms with van der Waals surface area (Å²) >= 11 is 0. The number of methoxy groups -OCH3 is 1. The van der Waals surface area contributed by atoms with Gasteiger partial charge in [0.2, 0.25) is 5.91 Å². The van der Waals surface area contributed by atoms with Crippen LogP contribution in [0.25, 0.3) is 10.9 Å². The number of aldehydes is 1. The van der Waals surface area contributed by atoms with Crippen molar-refractivity contribution in [1.82, 2.24) is 9.47 Å². The largest absolute Gasteiger partial charge is 0.385 e. The smallest absolute Gasteiger partial charge is 0.229 e. The first-order chi connectivity index (χ1) is 17.0. The van der Waals surface area contributed by atoms with E-state index in [1.165, 1.54) is 47.7 Å². The first-order valence-electron chi connectivity index (χ1n) is 13.9. The van der Waals surface area contributed by atoms with Crippen LogP contribution in [0.15, 0.2) is 24.3 Å². The normalized spacial score (nSPS) is 39.1. The van der Waals surface area contributed by atoms with Crippen LogP contribution in [0.5, 0.6) is 0 Å². The molecule has 2 unspecified atom stereocenters. The fourth-order valence-corrected chi connectivity index (χ4v) is 9.83. The third-order valence-electron chi connectivity index (χ3n) is 10.8. The molecule has 0 N–H and O–H groups in total. The Morgan fingerprint density at radius 1 is 1.09 bits per heavy atom. The van der Waals surface area contributed by atoms with Crippen LogP contribution in [-0.2, 0) is 27.8 Å². The number of ether oxygens (including phenoxy) is 1. The van der Waals surface area contributed by atoms with Crippen LogP contribution in [0.3, 0.4) is 0 Å². The van der Waals surface area contributed by atoms with Crippen molar-refractivity contribution in [2.45, 2.75) is 69.9 Å². The Labute approximate surface area is 208 Å². The van der Waals surface area contributed by atoms with E-state index in [-0.39, 0.29) is 29.3 Å². The molecule has 1 saturated heterocycles. The van der Waals surface area contributed by atoms with E-state index in [2.05, 4.69) is 40.8 Å². The number of benzene rings is 1. The maximum Gasteiger partial charge on any atom is 0.229 e. The molecule has 2 aliphatic heterocycles. The molecule has 4 atom stereocenters. The second-order valence-corrected chi connectivity index (χ2v) is 12.6. The highest BCUT2D eigenvalue weighted by molar-refractivity contribution is 5.89. The van der Waals surface area contributed by atoms with Crippen LogP contribution in [0.2, 0.25) is 0 Å². The van der Waals surface area contributed by atoms with Gasteiger partial charge in [0.15, 0.2) is 0 Å². The maximum atomic E-state index is 14.8. The number of aromatic nitrogens is 1. The minimum atomic E-state index is -0.180. The summed E-state index contributed by atoms with van der Waals surface area (Å²) in [7, 11) is 3.91. The number of para-hydroxylation sites is 1. The van der Waals surface area contributed by atoms with E-state index in [9.17, 15) is 9.59 Å². The Morgan fingerprint density at radius 2 is 1.77 bits per heavy atom. The third kappa shape index (κ3) is 3.09. The SMILES string of the molecule is COCCC1C[C@H]2c3c(c4ccccc4n3C)C[C@@H](C1C=O)N2C(=O)C12CC3CC(CC(C3)C1)C2. The molecule has 6 bridgehead atoms. The average Bonchev–Trinajstić information content (AvgIpc) is 3.13. The Morgan fingerprint density at radius 3 is 2.43 bits per heavy atom. The summed E-state index contributed by atoms with van der Waals surface area (Å²) in [6.07, 6.45) is 11.0. The van der Waals surface area contributed by atoms with Crippen molar-refractivity contribution in [3.05, 3.63) is 35.5 Å². The summed E-state index contributed by atoms with van der Waals surface area (Å²) in [5.74, 6) is 2.73. The number of hydrogen-bond donors (Lipinski definition) is 0. The molecule has 1 aromatic carbocycles. The minimum Gasteiger partial charge on any atom is -0.385 e. The zero-order chi connectivity index (χ0) is 23.9. The van der Waals surface area contributed by atoms with Crippen molar-refractivity contribution >= 4 is 23.1 Å². The summed E-state index contributed by atoms with van der Waals surface area (Å²) in [4.78, 5) is 29.7. The molecule has 0 spiro atoms. The van der Waals surface area contributed by atoms with Gasteiger partial charge in [0, 0.05) is 49.3 Å². The van der Waals surface area contributed by atoms with E-state index in [1.807, 2.05) is 0 Å². The van der Waals surface area contributed by atoms with Gasteiger partial charge in [-0.3, -0.25) is 4.79 Å². The van der Waals surface area contributed by atoms with Gasteiger partial charge in [-0.15, -0.1) is 0 Å². The summed E-state index contributed by atoms with van der Waals surface area (Å²) in [5, 5.41) is 1.29. The van der Waals surface area contributed by atoms with E-state index in [0.717, 1.165) is 56.3 Å². The van der Waals surface area contributed by atoms with E-state index < -0.39 is 0 Å². The fourth-order valence-electron chi connectivity index (χ4n) is 9.83. The Bertz CT molecular complexity index is 1150. The molecule has 0 radical (unpaired) electrons. The minimum absolute atomic E-state index is 0.0353. The molecule has 1 aromatic heterocycles. The predicted octanol–water partition coefficient (Wildman–Crippen LogP) is 5.06. The molecule has 5 nitrogen and oxygen atoms in total. The number of carbonyl (C=O) groups is 2. The van der Waals surface area contributed by atoms with Crippen LogP contribution < -0.4 is 0 Å². The lowest BCUT2D eigenvalue weighted by atomic mass is 9.49. The second-order valence-electron chi connectivity index (χ2n) is 12.6. The number of rotatable bonds is 5. The van der Waals surface area contributed by atoms with Crippen LogP contribution in [0.4, 0.5) is 0 Å². The quantitative estimate of drug-likeness (QED) is 0.569. The molecule has 186 valence electrons. The van der Waals surface area contributed by atoms with Gasteiger partial charge in [-0.25, -0.2) is 0 Å². The van der Waals surface area contributed by atoms with Gasteiger partial charge in [-0.1, -0.05) is 18.2 Å². The van der Waals surface area contributed by atoms with Gasteiger partial charge < -0.3 is 19.0 Å². The fraction of sp³-hybridized carbons (Fsp3) is 0.667. The van der Waals surface area contributed by atoms with E-state index in [4.69, 9.17) is 4.74 Å². The van der Waals surface area contributed by atoms with Gasteiger partial charge in [0.25, 0.3) is 0 Å². The van der Waals surface area contributed by atoms with Crippen molar-refractivity contribution in [1.29, 1.82) is 0 Å². The number of hydrogen-bond acceptors (Lipinski definition) is 3. The van der Waals surface area contributed by atoms with Gasteiger partial charge in [-0.05, 0) is 93.1 Å². The highest BCUT2D eigenvalue weighted by Gasteiger charge is 2.59. The average molecular weight is 475 g/mol. The van der Waals surface area contributed by atoms with E-state index >= 15 is 0 Å². The third-order valence-corrected chi connectivity index (χ3v) is 10.8. The molecule has 5 fully saturated rings. The number of aryl methyl sites for hydroxylation is 1. The highest BCUT2D eigenvalue weighted by atomic mass is 16.5. The molecular formula is C30H38N2O3. The molecule has 1 amide bonds.